The number of nitrogens with zero attached hydrogens (tertiary/aromatic N) is 4. The number of fused-ring (bicyclic) bond motifs is 2. The number of hydrogen-bond donors (Lipinski definition) is 0. The Morgan fingerprint density at radius 2 is 1.41 bits per heavy atom. The van der Waals surface area contributed by atoms with Gasteiger partial charge in [0.1, 0.15) is 5.82 Å². The average Bonchev–Trinajstić information content (AvgIpc) is 2.97. The number of piperazine rings is 1. The fraction of sp³-hybridized carbons (Fsp3) is 0.226. The topological polar surface area (TPSA) is 75.5 Å². The van der Waals surface area contributed by atoms with Crippen molar-refractivity contribution in [1.29, 1.82) is 0 Å². The number of hydrogen-bond acceptors (Lipinski definition) is 5. The van der Waals surface area contributed by atoms with Gasteiger partial charge in [0.25, 0.3) is 5.56 Å². The molecule has 0 N–H and O–H groups in total. The zero-order valence-corrected chi connectivity index (χ0v) is 22.8. The van der Waals surface area contributed by atoms with Crippen LogP contribution in [0.15, 0.2) is 101 Å². The number of aromatic nitrogens is 2. The lowest BCUT2D eigenvalue weighted by Gasteiger charge is -2.37. The van der Waals surface area contributed by atoms with Crippen molar-refractivity contribution in [3.63, 3.8) is 0 Å². The standard InChI is InChI=1S/C31H30N4O3S/c1-22-14-16-25(17-15-22)35-30(32-28-12-6-5-11-27(28)31(35)36)23(2)33-18-20-34(21-19-33)39(37,38)29-13-7-9-24-8-3-4-10-26(24)29/h3-17,23H,18-21H2,1-2H3. The maximum absolute atomic E-state index is 13.7. The van der Waals surface area contributed by atoms with Crippen molar-refractivity contribution in [2.45, 2.75) is 24.8 Å². The number of para-hydroxylation sites is 1. The summed E-state index contributed by atoms with van der Waals surface area (Å²) in [4.78, 5) is 21.2. The zero-order chi connectivity index (χ0) is 27.1. The van der Waals surface area contributed by atoms with Gasteiger partial charge in [-0.3, -0.25) is 14.3 Å². The van der Waals surface area contributed by atoms with Crippen molar-refractivity contribution in [3.05, 3.63) is 113 Å². The number of benzene rings is 4. The number of rotatable bonds is 5. The highest BCUT2D eigenvalue weighted by atomic mass is 32.2. The van der Waals surface area contributed by atoms with E-state index < -0.39 is 10.0 Å². The van der Waals surface area contributed by atoms with Gasteiger partial charge in [-0.25, -0.2) is 13.4 Å². The molecule has 4 aromatic carbocycles. The fourth-order valence-corrected chi connectivity index (χ4v) is 7.06. The maximum atomic E-state index is 13.7. The lowest BCUT2D eigenvalue weighted by atomic mass is 10.1. The van der Waals surface area contributed by atoms with Crippen LogP contribution in [-0.2, 0) is 10.0 Å². The van der Waals surface area contributed by atoms with Gasteiger partial charge in [-0.1, -0.05) is 66.2 Å². The largest absolute Gasteiger partial charge is 0.291 e. The van der Waals surface area contributed by atoms with E-state index >= 15 is 0 Å². The first-order chi connectivity index (χ1) is 18.8. The Labute approximate surface area is 228 Å². The summed E-state index contributed by atoms with van der Waals surface area (Å²) < 4.78 is 30.6. The Morgan fingerprint density at radius 3 is 2.15 bits per heavy atom. The fourth-order valence-electron chi connectivity index (χ4n) is 5.43. The Bertz CT molecular complexity index is 1840. The van der Waals surface area contributed by atoms with E-state index in [1.54, 1.807) is 27.1 Å². The van der Waals surface area contributed by atoms with Crippen LogP contribution in [0.2, 0.25) is 0 Å². The van der Waals surface area contributed by atoms with Gasteiger partial charge >= 0.3 is 0 Å². The van der Waals surface area contributed by atoms with Crippen LogP contribution in [0.1, 0.15) is 24.4 Å². The van der Waals surface area contributed by atoms with E-state index in [0.29, 0.717) is 47.8 Å². The Kier molecular flexibility index (Phi) is 6.54. The Morgan fingerprint density at radius 1 is 0.769 bits per heavy atom. The second kappa shape index (κ2) is 10.0. The molecule has 8 heteroatoms. The summed E-state index contributed by atoms with van der Waals surface area (Å²) in [6.07, 6.45) is 0. The first-order valence-electron chi connectivity index (χ1n) is 13.2. The van der Waals surface area contributed by atoms with E-state index in [1.165, 1.54) is 0 Å². The van der Waals surface area contributed by atoms with E-state index in [-0.39, 0.29) is 11.6 Å². The number of sulfonamides is 1. The summed E-state index contributed by atoms with van der Waals surface area (Å²) in [6, 6.07) is 28.0. The van der Waals surface area contributed by atoms with E-state index in [0.717, 1.165) is 22.0 Å². The molecule has 1 aliphatic rings. The summed E-state index contributed by atoms with van der Waals surface area (Å²) in [5, 5.41) is 2.21. The van der Waals surface area contributed by atoms with Crippen LogP contribution in [-0.4, -0.2) is 53.4 Å². The van der Waals surface area contributed by atoms with Crippen molar-refractivity contribution >= 4 is 31.7 Å². The molecule has 1 atom stereocenters. The second-order valence-electron chi connectivity index (χ2n) is 10.1. The van der Waals surface area contributed by atoms with Crippen molar-refractivity contribution in [3.8, 4) is 5.69 Å². The molecule has 5 aromatic rings. The minimum atomic E-state index is -3.66. The second-order valence-corrected chi connectivity index (χ2v) is 12.0. The SMILES string of the molecule is Cc1ccc(-n2c(C(C)N3CCN(S(=O)(=O)c4cccc5ccccc45)CC3)nc3ccccc3c2=O)cc1. The molecule has 0 radical (unpaired) electrons. The van der Waals surface area contributed by atoms with Gasteiger partial charge in [-0.2, -0.15) is 4.31 Å². The van der Waals surface area contributed by atoms with Gasteiger partial charge in [0.2, 0.25) is 10.0 Å². The van der Waals surface area contributed by atoms with Gasteiger partial charge in [-0.15, -0.1) is 0 Å². The van der Waals surface area contributed by atoms with Crippen molar-refractivity contribution in [2.75, 3.05) is 26.2 Å². The van der Waals surface area contributed by atoms with Crippen molar-refractivity contribution < 1.29 is 8.42 Å². The highest BCUT2D eigenvalue weighted by molar-refractivity contribution is 7.89. The monoisotopic (exact) mass is 538 g/mol. The molecule has 198 valence electrons. The van der Waals surface area contributed by atoms with Crippen LogP contribution in [0, 0.1) is 6.92 Å². The molecular weight excluding hydrogens is 508 g/mol. The molecule has 0 spiro atoms. The molecule has 0 saturated carbocycles. The minimum absolute atomic E-state index is 0.108. The molecular formula is C31H30N4O3S. The molecule has 1 fully saturated rings. The third-order valence-corrected chi connectivity index (χ3v) is 9.61. The summed E-state index contributed by atoms with van der Waals surface area (Å²) in [5.41, 5.74) is 2.43. The molecule has 2 heterocycles. The first-order valence-corrected chi connectivity index (χ1v) is 14.6. The highest BCUT2D eigenvalue weighted by Crippen LogP contribution is 2.29. The third kappa shape index (κ3) is 4.54. The average molecular weight is 539 g/mol. The normalized spacial score (nSPS) is 16.1. The molecule has 0 amide bonds. The van der Waals surface area contributed by atoms with Crippen molar-refractivity contribution in [1.82, 2.24) is 18.8 Å². The van der Waals surface area contributed by atoms with Crippen LogP contribution in [0.5, 0.6) is 0 Å². The van der Waals surface area contributed by atoms with Crippen LogP contribution < -0.4 is 5.56 Å². The van der Waals surface area contributed by atoms with Crippen molar-refractivity contribution in [2.24, 2.45) is 0 Å². The molecule has 0 aliphatic carbocycles. The van der Waals surface area contributed by atoms with Gasteiger partial charge in [0.15, 0.2) is 0 Å². The lowest BCUT2D eigenvalue weighted by molar-refractivity contribution is 0.140. The van der Waals surface area contributed by atoms with Gasteiger partial charge < -0.3 is 0 Å². The predicted molar refractivity (Wildman–Crippen MR) is 155 cm³/mol. The third-order valence-electron chi connectivity index (χ3n) is 7.66. The van der Waals surface area contributed by atoms with Gasteiger partial charge in [-0.05, 0) is 49.6 Å². The zero-order valence-electron chi connectivity index (χ0n) is 22.0. The molecule has 1 saturated heterocycles. The molecule has 1 unspecified atom stereocenters. The van der Waals surface area contributed by atoms with E-state index in [2.05, 4.69) is 4.90 Å². The van der Waals surface area contributed by atoms with E-state index in [9.17, 15) is 13.2 Å². The Balaban J connectivity index is 1.32. The van der Waals surface area contributed by atoms with Crippen LogP contribution in [0.25, 0.3) is 27.4 Å². The Hall–Kier alpha value is -3.85. The highest BCUT2D eigenvalue weighted by Gasteiger charge is 2.32. The van der Waals surface area contributed by atoms with Gasteiger partial charge in [0.05, 0.1) is 27.5 Å². The maximum Gasteiger partial charge on any atom is 0.266 e. The van der Waals surface area contributed by atoms with E-state index in [1.807, 2.05) is 86.6 Å². The summed E-state index contributed by atoms with van der Waals surface area (Å²) >= 11 is 0. The number of aryl methyl sites for hydroxylation is 1. The lowest BCUT2D eigenvalue weighted by Crippen LogP contribution is -2.49. The molecule has 0 bridgehead atoms. The smallest absolute Gasteiger partial charge is 0.266 e. The summed E-state index contributed by atoms with van der Waals surface area (Å²) in [6.45, 7) is 5.83. The molecule has 6 rings (SSSR count). The van der Waals surface area contributed by atoms with Gasteiger partial charge in [0, 0.05) is 31.6 Å². The molecule has 1 aliphatic heterocycles. The molecule has 1 aromatic heterocycles. The molecule has 7 nitrogen and oxygen atoms in total. The summed E-state index contributed by atoms with van der Waals surface area (Å²) in [5.74, 6) is 0.646. The minimum Gasteiger partial charge on any atom is -0.291 e. The first kappa shape index (κ1) is 25.4. The quantitative estimate of drug-likeness (QED) is 0.318. The molecule has 39 heavy (non-hydrogen) atoms. The van der Waals surface area contributed by atoms with Crippen LogP contribution >= 0.6 is 0 Å². The van der Waals surface area contributed by atoms with Crippen LogP contribution in [0.3, 0.4) is 0 Å². The van der Waals surface area contributed by atoms with Crippen LogP contribution in [0.4, 0.5) is 0 Å². The predicted octanol–water partition coefficient (Wildman–Crippen LogP) is 4.91. The van der Waals surface area contributed by atoms with E-state index in [4.69, 9.17) is 4.98 Å². The summed E-state index contributed by atoms with van der Waals surface area (Å²) in [7, 11) is -3.66.